The molecular weight excluding hydrogens is 317 g/mol. The van der Waals surface area contributed by atoms with Gasteiger partial charge in [0.1, 0.15) is 17.7 Å². The van der Waals surface area contributed by atoms with Crippen LogP contribution in [0, 0.1) is 5.82 Å². The maximum Gasteiger partial charge on any atom is 0.217 e. The van der Waals surface area contributed by atoms with E-state index < -0.39 is 0 Å². The van der Waals surface area contributed by atoms with Crippen LogP contribution >= 0.6 is 11.3 Å². The molecule has 1 amide bonds. The van der Waals surface area contributed by atoms with Crippen molar-refractivity contribution in [3.63, 3.8) is 0 Å². The Morgan fingerprint density at radius 1 is 1.35 bits per heavy atom. The fourth-order valence-electron chi connectivity index (χ4n) is 2.62. The molecule has 2 heterocycles. The van der Waals surface area contributed by atoms with Crippen molar-refractivity contribution in [3.05, 3.63) is 40.5 Å². The normalized spacial score (nSPS) is 15.9. The predicted molar refractivity (Wildman–Crippen MR) is 86.5 cm³/mol. The minimum atomic E-state index is -0.333. The van der Waals surface area contributed by atoms with Gasteiger partial charge in [0.2, 0.25) is 5.91 Å². The molecule has 0 fully saturated rings. The summed E-state index contributed by atoms with van der Waals surface area (Å²) in [7, 11) is 0. The van der Waals surface area contributed by atoms with Gasteiger partial charge in [-0.3, -0.25) is 9.59 Å². The van der Waals surface area contributed by atoms with E-state index in [1.807, 2.05) is 0 Å². The van der Waals surface area contributed by atoms with Crippen LogP contribution < -0.4 is 10.1 Å². The molecule has 0 saturated carbocycles. The average Bonchev–Trinajstić information content (AvgIpc) is 3.10. The van der Waals surface area contributed by atoms with Crippen LogP contribution in [-0.4, -0.2) is 24.3 Å². The largest absolute Gasteiger partial charge is 0.487 e. The third kappa shape index (κ3) is 3.27. The van der Waals surface area contributed by atoms with Gasteiger partial charge in [-0.1, -0.05) is 0 Å². The van der Waals surface area contributed by atoms with Gasteiger partial charge in [-0.25, -0.2) is 4.39 Å². The average molecular weight is 333 g/mol. The number of ketones is 1. The van der Waals surface area contributed by atoms with Crippen LogP contribution in [0.4, 0.5) is 4.39 Å². The molecule has 1 aromatic heterocycles. The van der Waals surface area contributed by atoms with Gasteiger partial charge in [-0.05, 0) is 31.2 Å². The second-order valence-electron chi connectivity index (χ2n) is 5.54. The number of carbonyl (C=O) groups excluding carboxylic acids is 2. The van der Waals surface area contributed by atoms with Gasteiger partial charge in [0.15, 0.2) is 5.78 Å². The number of halogens is 1. The number of ether oxygens (including phenoxy) is 1. The highest BCUT2D eigenvalue weighted by Gasteiger charge is 2.27. The molecule has 1 aliphatic heterocycles. The van der Waals surface area contributed by atoms with Gasteiger partial charge in [-0.15, -0.1) is 11.3 Å². The Bertz CT molecular complexity index is 784. The number of nitrogens with one attached hydrogen (secondary N) is 1. The molecule has 4 nitrogen and oxygen atoms in total. The lowest BCUT2D eigenvalue weighted by Gasteiger charge is -2.12. The summed E-state index contributed by atoms with van der Waals surface area (Å²) in [6.45, 7) is 3.34. The van der Waals surface area contributed by atoms with E-state index in [0.29, 0.717) is 29.2 Å². The van der Waals surface area contributed by atoms with E-state index in [1.54, 1.807) is 12.1 Å². The van der Waals surface area contributed by atoms with Crippen LogP contribution in [0.3, 0.4) is 0 Å². The summed E-state index contributed by atoms with van der Waals surface area (Å²) in [5, 5.41) is 2.72. The van der Waals surface area contributed by atoms with Crippen molar-refractivity contribution in [3.8, 4) is 16.2 Å². The fourth-order valence-corrected chi connectivity index (χ4v) is 3.54. The Morgan fingerprint density at radius 2 is 2.13 bits per heavy atom. The standard InChI is InChI=1S/C17H16FNO3S/c1-9(20)15-3-4-16(23-15)14-7-12(18)5-11-6-13(22-17(11)14)8-19-10(2)21/h3-5,7,13H,6,8H2,1-2H3,(H,19,21). The van der Waals surface area contributed by atoms with E-state index in [1.165, 1.54) is 37.3 Å². The SMILES string of the molecule is CC(=O)NCC1Cc2cc(F)cc(-c3ccc(C(C)=O)s3)c2O1. The molecule has 1 aromatic carbocycles. The van der Waals surface area contributed by atoms with Gasteiger partial charge < -0.3 is 10.1 Å². The fraction of sp³-hybridized carbons (Fsp3) is 0.294. The zero-order valence-electron chi connectivity index (χ0n) is 12.8. The number of Topliss-reactive ketones (excluding diaryl/α,β-unsaturated/α-hetero) is 1. The number of benzene rings is 1. The molecule has 0 spiro atoms. The first-order valence-corrected chi connectivity index (χ1v) is 8.10. The molecule has 0 radical (unpaired) electrons. The summed E-state index contributed by atoms with van der Waals surface area (Å²) >= 11 is 1.32. The Balaban J connectivity index is 1.92. The summed E-state index contributed by atoms with van der Waals surface area (Å²) in [4.78, 5) is 23.9. The van der Waals surface area contributed by atoms with Crippen molar-refractivity contribution in [2.45, 2.75) is 26.4 Å². The van der Waals surface area contributed by atoms with E-state index >= 15 is 0 Å². The lowest BCUT2D eigenvalue weighted by Crippen LogP contribution is -2.32. The van der Waals surface area contributed by atoms with Crippen molar-refractivity contribution < 1.29 is 18.7 Å². The van der Waals surface area contributed by atoms with Crippen LogP contribution in [0.5, 0.6) is 5.75 Å². The Hall–Kier alpha value is -2.21. The molecule has 1 N–H and O–H groups in total. The number of amides is 1. The number of hydrogen-bond acceptors (Lipinski definition) is 4. The van der Waals surface area contributed by atoms with Crippen molar-refractivity contribution in [1.29, 1.82) is 0 Å². The zero-order valence-corrected chi connectivity index (χ0v) is 13.6. The number of hydrogen-bond donors (Lipinski definition) is 1. The molecule has 1 aliphatic rings. The lowest BCUT2D eigenvalue weighted by atomic mass is 10.0. The second-order valence-corrected chi connectivity index (χ2v) is 6.63. The summed E-state index contributed by atoms with van der Waals surface area (Å²) < 4.78 is 19.8. The molecule has 1 unspecified atom stereocenters. The topological polar surface area (TPSA) is 55.4 Å². The molecule has 120 valence electrons. The molecule has 0 bridgehead atoms. The summed E-state index contributed by atoms with van der Waals surface area (Å²) in [6.07, 6.45) is 0.340. The van der Waals surface area contributed by atoms with E-state index in [0.717, 1.165) is 10.4 Å². The Morgan fingerprint density at radius 3 is 2.78 bits per heavy atom. The minimum Gasteiger partial charge on any atom is -0.487 e. The van der Waals surface area contributed by atoms with Gasteiger partial charge in [0, 0.05) is 29.3 Å². The van der Waals surface area contributed by atoms with E-state index in [4.69, 9.17) is 4.74 Å². The van der Waals surface area contributed by atoms with E-state index in [9.17, 15) is 14.0 Å². The first kappa shape index (κ1) is 15.7. The zero-order chi connectivity index (χ0) is 16.6. The molecule has 23 heavy (non-hydrogen) atoms. The molecular formula is C17H16FNO3S. The molecule has 3 rings (SSSR count). The lowest BCUT2D eigenvalue weighted by molar-refractivity contribution is -0.119. The van der Waals surface area contributed by atoms with Gasteiger partial charge >= 0.3 is 0 Å². The van der Waals surface area contributed by atoms with Gasteiger partial charge in [0.05, 0.1) is 11.4 Å². The number of carbonyl (C=O) groups is 2. The highest BCUT2D eigenvalue weighted by Crippen LogP contribution is 2.42. The van der Waals surface area contributed by atoms with Crippen molar-refractivity contribution in [1.82, 2.24) is 5.32 Å². The van der Waals surface area contributed by atoms with Gasteiger partial charge in [-0.2, -0.15) is 0 Å². The van der Waals surface area contributed by atoms with Crippen LogP contribution in [0.25, 0.3) is 10.4 Å². The highest BCUT2D eigenvalue weighted by atomic mass is 32.1. The number of fused-ring (bicyclic) bond motifs is 1. The summed E-state index contributed by atoms with van der Waals surface area (Å²) in [5.41, 5.74) is 1.44. The van der Waals surface area contributed by atoms with Crippen molar-refractivity contribution in [2.24, 2.45) is 0 Å². The molecule has 6 heteroatoms. The third-order valence-corrected chi connectivity index (χ3v) is 4.88. The van der Waals surface area contributed by atoms with E-state index in [-0.39, 0.29) is 23.6 Å². The first-order valence-electron chi connectivity index (χ1n) is 7.28. The van der Waals surface area contributed by atoms with Crippen molar-refractivity contribution in [2.75, 3.05) is 6.54 Å². The molecule has 0 saturated heterocycles. The summed E-state index contributed by atoms with van der Waals surface area (Å²) in [6, 6.07) is 6.44. The smallest absolute Gasteiger partial charge is 0.217 e. The number of thiophene rings is 1. The van der Waals surface area contributed by atoms with Gasteiger partial charge in [0.25, 0.3) is 0 Å². The summed E-state index contributed by atoms with van der Waals surface area (Å²) in [5.74, 6) is 0.165. The van der Waals surface area contributed by atoms with Crippen LogP contribution in [0.15, 0.2) is 24.3 Å². The van der Waals surface area contributed by atoms with Crippen LogP contribution in [-0.2, 0) is 11.2 Å². The van der Waals surface area contributed by atoms with Crippen LogP contribution in [0.2, 0.25) is 0 Å². The quantitative estimate of drug-likeness (QED) is 0.874. The molecule has 1 atom stereocenters. The van der Waals surface area contributed by atoms with E-state index in [2.05, 4.69) is 5.32 Å². The predicted octanol–water partition coefficient (Wildman–Crippen LogP) is 3.20. The monoisotopic (exact) mass is 333 g/mol. The Kier molecular flexibility index (Phi) is 4.17. The maximum absolute atomic E-state index is 13.9. The van der Waals surface area contributed by atoms with Crippen LogP contribution in [0.1, 0.15) is 29.1 Å². The Labute approximate surface area is 137 Å². The minimum absolute atomic E-state index is 0.0150. The highest BCUT2D eigenvalue weighted by molar-refractivity contribution is 7.17. The number of rotatable bonds is 4. The molecule has 0 aliphatic carbocycles. The first-order chi connectivity index (χ1) is 10.9. The third-order valence-electron chi connectivity index (χ3n) is 3.66. The maximum atomic E-state index is 13.9. The molecule has 2 aromatic rings. The van der Waals surface area contributed by atoms with Crippen molar-refractivity contribution >= 4 is 23.0 Å². The second kappa shape index (κ2) is 6.12.